The Kier molecular flexibility index (Phi) is 4.46. The smallest absolute Gasteiger partial charge is 0.324 e. The van der Waals surface area contributed by atoms with Crippen molar-refractivity contribution in [3.05, 3.63) is 60.2 Å². The van der Waals surface area contributed by atoms with Crippen LogP contribution in [0.25, 0.3) is 11.1 Å². The van der Waals surface area contributed by atoms with E-state index >= 15 is 0 Å². The molecule has 0 bridgehead atoms. The number of halogens is 1. The van der Waals surface area contributed by atoms with Crippen molar-refractivity contribution in [2.24, 2.45) is 0 Å². The molecule has 2 nitrogen and oxygen atoms in total. The maximum atomic E-state index is 10.9. The first-order valence-corrected chi connectivity index (χ1v) is 6.93. The molecule has 0 spiro atoms. The van der Waals surface area contributed by atoms with Gasteiger partial charge in [0.15, 0.2) is 0 Å². The third kappa shape index (κ3) is 3.61. The average molecular weight is 289 g/mol. The number of hydrogen-bond donors (Lipinski definition) is 1. The van der Waals surface area contributed by atoms with Crippen LogP contribution in [-0.4, -0.2) is 16.0 Å². The van der Waals surface area contributed by atoms with Crippen LogP contribution in [-0.2, 0) is 11.2 Å². The maximum Gasteiger partial charge on any atom is 0.324 e. The summed E-state index contributed by atoms with van der Waals surface area (Å²) < 4.78 is 0. The summed E-state index contributed by atoms with van der Waals surface area (Å²) in [6, 6.07) is 18.3. The molecule has 1 unspecified atom stereocenters. The number of rotatable bonds is 5. The van der Waals surface area contributed by atoms with Crippen molar-refractivity contribution < 1.29 is 9.90 Å². The second-order valence-electron chi connectivity index (χ2n) is 5.07. The van der Waals surface area contributed by atoms with Crippen LogP contribution in [0.5, 0.6) is 0 Å². The molecule has 0 amide bonds. The number of benzene rings is 2. The van der Waals surface area contributed by atoms with Gasteiger partial charge in [-0.15, -0.1) is 11.6 Å². The highest BCUT2D eigenvalue weighted by Gasteiger charge is 2.29. The lowest BCUT2D eigenvalue weighted by atomic mass is 9.98. The van der Waals surface area contributed by atoms with Crippen LogP contribution in [0.4, 0.5) is 0 Å². The molecule has 104 valence electrons. The molecule has 0 aliphatic heterocycles. The van der Waals surface area contributed by atoms with Crippen LogP contribution >= 0.6 is 11.6 Å². The largest absolute Gasteiger partial charge is 0.480 e. The van der Waals surface area contributed by atoms with Crippen molar-refractivity contribution in [1.29, 1.82) is 0 Å². The van der Waals surface area contributed by atoms with Crippen LogP contribution in [0, 0.1) is 0 Å². The molecule has 2 aromatic rings. The lowest BCUT2D eigenvalue weighted by Gasteiger charge is -2.16. The molecule has 0 aromatic heterocycles. The van der Waals surface area contributed by atoms with E-state index in [0.29, 0.717) is 12.8 Å². The number of aliphatic carboxylic acids is 1. The summed E-state index contributed by atoms with van der Waals surface area (Å²) in [6.45, 7) is 1.54. The summed E-state index contributed by atoms with van der Waals surface area (Å²) in [4.78, 5) is 9.75. The van der Waals surface area contributed by atoms with E-state index in [1.165, 1.54) is 12.5 Å². The van der Waals surface area contributed by atoms with Crippen molar-refractivity contribution in [2.45, 2.75) is 24.6 Å². The normalized spacial score (nSPS) is 13.7. The van der Waals surface area contributed by atoms with Crippen molar-refractivity contribution in [3.63, 3.8) is 0 Å². The van der Waals surface area contributed by atoms with E-state index in [4.69, 9.17) is 16.7 Å². The van der Waals surface area contributed by atoms with Gasteiger partial charge in [-0.1, -0.05) is 54.6 Å². The van der Waals surface area contributed by atoms with Crippen LogP contribution in [0.15, 0.2) is 54.6 Å². The Morgan fingerprint density at radius 3 is 2.15 bits per heavy atom. The Labute approximate surface area is 124 Å². The monoisotopic (exact) mass is 288 g/mol. The topological polar surface area (TPSA) is 37.3 Å². The summed E-state index contributed by atoms with van der Waals surface area (Å²) in [6.07, 6.45) is 1.07. The molecular weight excluding hydrogens is 272 g/mol. The molecule has 0 fully saturated rings. The lowest BCUT2D eigenvalue weighted by Crippen LogP contribution is -2.28. The van der Waals surface area contributed by atoms with Gasteiger partial charge < -0.3 is 5.11 Å². The molecule has 0 radical (unpaired) electrons. The Morgan fingerprint density at radius 2 is 1.60 bits per heavy atom. The van der Waals surface area contributed by atoms with E-state index in [1.807, 2.05) is 30.3 Å². The maximum absolute atomic E-state index is 10.9. The van der Waals surface area contributed by atoms with E-state index in [0.717, 1.165) is 11.1 Å². The van der Waals surface area contributed by atoms with Crippen LogP contribution in [0.3, 0.4) is 0 Å². The van der Waals surface area contributed by atoms with E-state index in [-0.39, 0.29) is 0 Å². The highest BCUT2D eigenvalue weighted by Crippen LogP contribution is 2.24. The molecule has 1 N–H and O–H groups in total. The zero-order valence-electron chi connectivity index (χ0n) is 11.3. The highest BCUT2D eigenvalue weighted by atomic mass is 35.5. The van der Waals surface area contributed by atoms with Gasteiger partial charge in [-0.05, 0) is 36.5 Å². The second-order valence-corrected chi connectivity index (χ2v) is 5.90. The van der Waals surface area contributed by atoms with Crippen molar-refractivity contribution in [2.75, 3.05) is 0 Å². The molecule has 3 heteroatoms. The van der Waals surface area contributed by atoms with Gasteiger partial charge in [-0.25, -0.2) is 0 Å². The minimum absolute atomic E-state index is 0.411. The molecule has 20 heavy (non-hydrogen) atoms. The van der Waals surface area contributed by atoms with Gasteiger partial charge in [0.25, 0.3) is 0 Å². The first kappa shape index (κ1) is 14.6. The minimum Gasteiger partial charge on any atom is -0.480 e. The number of aryl methyl sites for hydroxylation is 1. The molecule has 0 saturated carbocycles. The summed E-state index contributed by atoms with van der Waals surface area (Å²) in [5.74, 6) is -0.972. The third-order valence-electron chi connectivity index (χ3n) is 3.39. The van der Waals surface area contributed by atoms with E-state index < -0.39 is 10.8 Å². The van der Waals surface area contributed by atoms with Gasteiger partial charge in [-0.2, -0.15) is 0 Å². The minimum atomic E-state index is -1.20. The molecule has 0 aliphatic rings. The second kappa shape index (κ2) is 6.10. The summed E-state index contributed by atoms with van der Waals surface area (Å²) >= 11 is 5.95. The fourth-order valence-corrected chi connectivity index (χ4v) is 2.07. The zero-order chi connectivity index (χ0) is 14.6. The van der Waals surface area contributed by atoms with Gasteiger partial charge in [0.2, 0.25) is 0 Å². The first-order valence-electron chi connectivity index (χ1n) is 6.56. The highest BCUT2D eigenvalue weighted by molar-refractivity contribution is 6.33. The summed E-state index contributed by atoms with van der Waals surface area (Å²) in [5.41, 5.74) is 3.42. The number of carboxylic acid groups (broad SMARTS) is 1. The van der Waals surface area contributed by atoms with Crippen molar-refractivity contribution in [1.82, 2.24) is 0 Å². The molecular formula is C17H17ClO2. The molecule has 2 aromatic carbocycles. The molecule has 1 atom stereocenters. The molecule has 0 heterocycles. The summed E-state index contributed by atoms with van der Waals surface area (Å²) in [5, 5.41) is 8.98. The molecule has 2 rings (SSSR count). The van der Waals surface area contributed by atoms with Crippen LogP contribution in [0.2, 0.25) is 0 Å². The predicted octanol–water partition coefficient (Wildman–Crippen LogP) is 4.37. The van der Waals surface area contributed by atoms with Crippen molar-refractivity contribution in [3.8, 4) is 11.1 Å². The SMILES string of the molecule is CC(Cl)(CCc1ccc(-c2ccccc2)cc1)C(=O)O. The standard InChI is InChI=1S/C17H17ClO2/c1-17(18,16(19)20)12-11-13-7-9-15(10-8-13)14-5-3-2-4-6-14/h2-10H,11-12H2,1H3,(H,19,20). The quantitative estimate of drug-likeness (QED) is 0.830. The lowest BCUT2D eigenvalue weighted by molar-refractivity contribution is -0.139. The number of hydrogen-bond acceptors (Lipinski definition) is 1. The first-order chi connectivity index (χ1) is 9.49. The van der Waals surface area contributed by atoms with Gasteiger partial charge in [-0.3, -0.25) is 4.79 Å². The third-order valence-corrected chi connectivity index (χ3v) is 3.74. The van der Waals surface area contributed by atoms with E-state index in [1.54, 1.807) is 0 Å². The molecule has 0 aliphatic carbocycles. The predicted molar refractivity (Wildman–Crippen MR) is 82.1 cm³/mol. The zero-order valence-corrected chi connectivity index (χ0v) is 12.1. The van der Waals surface area contributed by atoms with Crippen molar-refractivity contribution >= 4 is 17.6 Å². The van der Waals surface area contributed by atoms with Gasteiger partial charge in [0, 0.05) is 0 Å². The Hall–Kier alpha value is -1.80. The van der Waals surface area contributed by atoms with E-state index in [2.05, 4.69) is 24.3 Å². The van der Waals surface area contributed by atoms with Crippen LogP contribution < -0.4 is 0 Å². The van der Waals surface area contributed by atoms with Crippen LogP contribution in [0.1, 0.15) is 18.9 Å². The fourth-order valence-electron chi connectivity index (χ4n) is 1.98. The Bertz CT molecular complexity index is 574. The fraction of sp³-hybridized carbons (Fsp3) is 0.235. The van der Waals surface area contributed by atoms with Gasteiger partial charge >= 0.3 is 5.97 Å². The van der Waals surface area contributed by atoms with E-state index in [9.17, 15) is 4.79 Å². The van der Waals surface area contributed by atoms with Gasteiger partial charge in [0.05, 0.1) is 0 Å². The Morgan fingerprint density at radius 1 is 1.05 bits per heavy atom. The average Bonchev–Trinajstić information content (AvgIpc) is 2.46. The summed E-state index contributed by atoms with van der Waals surface area (Å²) in [7, 11) is 0. The number of alkyl halides is 1. The number of carbonyl (C=O) groups is 1. The van der Waals surface area contributed by atoms with Gasteiger partial charge in [0.1, 0.15) is 4.87 Å². The number of carboxylic acids is 1. The Balaban J connectivity index is 2.04. The molecule has 0 saturated heterocycles.